The summed E-state index contributed by atoms with van der Waals surface area (Å²) in [6, 6.07) is 2.46. The van der Waals surface area contributed by atoms with Crippen LogP contribution in [0.1, 0.15) is 23.8 Å². The number of nitrogens with one attached hydrogen (secondary N) is 1. The van der Waals surface area contributed by atoms with Gasteiger partial charge in [0.05, 0.1) is 19.1 Å². The van der Waals surface area contributed by atoms with Crippen molar-refractivity contribution >= 4 is 17.7 Å². The van der Waals surface area contributed by atoms with E-state index in [1.807, 2.05) is 0 Å². The molecule has 0 aliphatic heterocycles. The predicted molar refractivity (Wildman–Crippen MR) is 67.3 cm³/mol. The molecule has 0 saturated heterocycles. The first-order valence-electron chi connectivity index (χ1n) is 5.66. The maximum absolute atomic E-state index is 11.8. The molecule has 0 saturated carbocycles. The SMILES string of the molecule is Cn1c(C(=O)NCC(C)(O)CC(=O)O)ccc1[N+](=O)[O-]. The van der Waals surface area contributed by atoms with Gasteiger partial charge in [0.15, 0.2) is 5.69 Å². The summed E-state index contributed by atoms with van der Waals surface area (Å²) >= 11 is 0. The van der Waals surface area contributed by atoms with E-state index in [4.69, 9.17) is 5.11 Å². The minimum absolute atomic E-state index is 0.0443. The molecule has 110 valence electrons. The van der Waals surface area contributed by atoms with Gasteiger partial charge in [0.1, 0.15) is 0 Å². The van der Waals surface area contributed by atoms with Crippen LogP contribution in [-0.4, -0.2) is 43.7 Å². The molecule has 1 aromatic heterocycles. The highest BCUT2D eigenvalue weighted by Gasteiger charge is 2.27. The van der Waals surface area contributed by atoms with E-state index in [9.17, 15) is 24.8 Å². The molecule has 9 heteroatoms. The lowest BCUT2D eigenvalue weighted by atomic mass is 10.0. The molecule has 0 bridgehead atoms. The molecule has 0 aliphatic rings. The third-order valence-electron chi connectivity index (χ3n) is 2.68. The topological polar surface area (TPSA) is 135 Å². The zero-order chi connectivity index (χ0) is 15.5. The summed E-state index contributed by atoms with van der Waals surface area (Å²) in [6.07, 6.45) is -0.527. The third-order valence-corrected chi connectivity index (χ3v) is 2.68. The first kappa shape index (κ1) is 15.6. The van der Waals surface area contributed by atoms with Gasteiger partial charge in [0.25, 0.3) is 5.91 Å². The largest absolute Gasteiger partial charge is 0.481 e. The molecule has 20 heavy (non-hydrogen) atoms. The van der Waals surface area contributed by atoms with Gasteiger partial charge < -0.3 is 25.6 Å². The van der Waals surface area contributed by atoms with Crippen LogP contribution in [0.4, 0.5) is 5.82 Å². The maximum Gasteiger partial charge on any atom is 0.323 e. The van der Waals surface area contributed by atoms with Crippen LogP contribution in [0.25, 0.3) is 0 Å². The minimum Gasteiger partial charge on any atom is -0.481 e. The number of carbonyl (C=O) groups is 2. The van der Waals surface area contributed by atoms with Crippen molar-refractivity contribution in [1.82, 2.24) is 9.88 Å². The summed E-state index contributed by atoms with van der Waals surface area (Å²) in [7, 11) is 1.36. The minimum atomic E-state index is -1.60. The van der Waals surface area contributed by atoms with Gasteiger partial charge in [0, 0.05) is 12.6 Å². The van der Waals surface area contributed by atoms with Gasteiger partial charge in [-0.05, 0) is 17.9 Å². The fraction of sp³-hybridized carbons (Fsp3) is 0.455. The van der Waals surface area contributed by atoms with Gasteiger partial charge in [-0.15, -0.1) is 0 Å². The monoisotopic (exact) mass is 285 g/mol. The van der Waals surface area contributed by atoms with Gasteiger partial charge in [-0.2, -0.15) is 0 Å². The first-order chi connectivity index (χ1) is 9.14. The number of rotatable bonds is 6. The van der Waals surface area contributed by atoms with E-state index in [0.29, 0.717) is 0 Å². The Labute approximate surface area is 114 Å². The van der Waals surface area contributed by atoms with Gasteiger partial charge in [-0.25, -0.2) is 4.57 Å². The number of hydrogen-bond donors (Lipinski definition) is 3. The number of hydrogen-bond acceptors (Lipinski definition) is 5. The van der Waals surface area contributed by atoms with E-state index in [1.165, 1.54) is 26.1 Å². The molecule has 1 unspecified atom stereocenters. The Balaban J connectivity index is 2.73. The quantitative estimate of drug-likeness (QED) is 0.493. The molecular formula is C11H15N3O6. The second-order valence-corrected chi connectivity index (χ2v) is 4.64. The molecule has 0 aromatic carbocycles. The van der Waals surface area contributed by atoms with E-state index in [2.05, 4.69) is 5.32 Å². The second kappa shape index (κ2) is 5.70. The standard InChI is InChI=1S/C11H15N3O6/c1-11(18,5-9(15)16)6-12-10(17)7-3-4-8(13(7)2)14(19)20/h3-4,18H,5-6H2,1-2H3,(H,12,17)(H,15,16). The Morgan fingerprint density at radius 2 is 2.10 bits per heavy atom. The molecule has 9 nitrogen and oxygen atoms in total. The summed E-state index contributed by atoms with van der Waals surface area (Å²) in [5.41, 5.74) is -1.55. The van der Waals surface area contributed by atoms with E-state index >= 15 is 0 Å². The summed E-state index contributed by atoms with van der Waals surface area (Å²) in [5, 5.41) is 31.3. The number of nitrogens with zero attached hydrogens (tertiary/aromatic N) is 2. The first-order valence-corrected chi connectivity index (χ1v) is 5.66. The number of carbonyl (C=O) groups excluding carboxylic acids is 1. The molecular weight excluding hydrogens is 270 g/mol. The number of nitro groups is 1. The van der Waals surface area contributed by atoms with Gasteiger partial charge in [-0.1, -0.05) is 0 Å². The van der Waals surface area contributed by atoms with E-state index in [0.717, 1.165) is 4.57 Å². The molecule has 1 amide bonds. The van der Waals surface area contributed by atoms with Crippen LogP contribution < -0.4 is 5.32 Å². The molecule has 0 aliphatic carbocycles. The fourth-order valence-corrected chi connectivity index (χ4v) is 1.66. The highest BCUT2D eigenvalue weighted by Crippen LogP contribution is 2.15. The van der Waals surface area contributed by atoms with Crippen LogP contribution in [0.15, 0.2) is 12.1 Å². The summed E-state index contributed by atoms with van der Waals surface area (Å²) < 4.78 is 1.10. The van der Waals surface area contributed by atoms with Crippen LogP contribution in [0.5, 0.6) is 0 Å². The molecule has 1 atom stereocenters. The lowest BCUT2D eigenvalue weighted by molar-refractivity contribution is -0.391. The van der Waals surface area contributed by atoms with Gasteiger partial charge in [-0.3, -0.25) is 9.59 Å². The summed E-state index contributed by atoms with van der Waals surface area (Å²) in [5.74, 6) is -2.07. The number of carboxylic acid groups (broad SMARTS) is 1. The highest BCUT2D eigenvalue weighted by molar-refractivity contribution is 5.93. The fourth-order valence-electron chi connectivity index (χ4n) is 1.66. The van der Waals surface area contributed by atoms with Crippen molar-refractivity contribution in [3.8, 4) is 0 Å². The molecule has 1 rings (SSSR count). The van der Waals surface area contributed by atoms with Gasteiger partial charge in [0.2, 0.25) is 0 Å². The molecule has 0 radical (unpaired) electrons. The molecule has 0 fully saturated rings. The van der Waals surface area contributed by atoms with Crippen molar-refractivity contribution < 1.29 is 24.7 Å². The Bertz CT molecular complexity index is 548. The van der Waals surface area contributed by atoms with Crippen LogP contribution in [0.3, 0.4) is 0 Å². The van der Waals surface area contributed by atoms with Crippen molar-refractivity contribution in [3.05, 3.63) is 27.9 Å². The number of amides is 1. The zero-order valence-corrected chi connectivity index (χ0v) is 11.0. The third kappa shape index (κ3) is 3.79. The zero-order valence-electron chi connectivity index (χ0n) is 11.0. The molecule has 1 heterocycles. The van der Waals surface area contributed by atoms with Gasteiger partial charge >= 0.3 is 11.8 Å². The molecule has 1 aromatic rings. The van der Waals surface area contributed by atoms with Crippen molar-refractivity contribution in [2.75, 3.05) is 6.54 Å². The second-order valence-electron chi connectivity index (χ2n) is 4.64. The Morgan fingerprint density at radius 1 is 1.50 bits per heavy atom. The van der Waals surface area contributed by atoms with E-state index < -0.39 is 28.8 Å². The lowest BCUT2D eigenvalue weighted by Crippen LogP contribution is -2.42. The number of aliphatic hydroxyl groups is 1. The Kier molecular flexibility index (Phi) is 4.45. The number of carboxylic acids is 1. The Morgan fingerprint density at radius 3 is 2.55 bits per heavy atom. The van der Waals surface area contributed by atoms with Crippen molar-refractivity contribution in [2.24, 2.45) is 7.05 Å². The van der Waals surface area contributed by atoms with Crippen LogP contribution in [0, 0.1) is 10.1 Å². The molecule has 0 spiro atoms. The number of aliphatic carboxylic acids is 1. The smallest absolute Gasteiger partial charge is 0.323 e. The highest BCUT2D eigenvalue weighted by atomic mass is 16.6. The Hall–Kier alpha value is -2.42. The lowest BCUT2D eigenvalue weighted by Gasteiger charge is -2.21. The van der Waals surface area contributed by atoms with Crippen LogP contribution in [0.2, 0.25) is 0 Å². The summed E-state index contributed by atoms with van der Waals surface area (Å²) in [4.78, 5) is 32.3. The van der Waals surface area contributed by atoms with E-state index in [1.54, 1.807) is 0 Å². The predicted octanol–water partition coefficient (Wildman–Crippen LogP) is -0.111. The average Bonchev–Trinajstić information content (AvgIpc) is 2.66. The van der Waals surface area contributed by atoms with Crippen LogP contribution >= 0.6 is 0 Å². The average molecular weight is 285 g/mol. The molecule has 3 N–H and O–H groups in total. The normalized spacial score (nSPS) is 13.6. The summed E-state index contributed by atoms with van der Waals surface area (Å²) in [6.45, 7) is 0.992. The van der Waals surface area contributed by atoms with Crippen molar-refractivity contribution in [2.45, 2.75) is 18.9 Å². The maximum atomic E-state index is 11.8. The number of aromatic nitrogens is 1. The van der Waals surface area contributed by atoms with Crippen molar-refractivity contribution in [3.63, 3.8) is 0 Å². The van der Waals surface area contributed by atoms with Crippen LogP contribution in [-0.2, 0) is 11.8 Å². The van der Waals surface area contributed by atoms with E-state index in [-0.39, 0.29) is 18.1 Å². The van der Waals surface area contributed by atoms with Crippen molar-refractivity contribution in [1.29, 1.82) is 0 Å².